The average molecular weight is 151 g/mol. The molecule has 2 heterocycles. The van der Waals surface area contributed by atoms with E-state index in [1.54, 1.807) is 0 Å². The molecule has 3 heteroatoms. The summed E-state index contributed by atoms with van der Waals surface area (Å²) in [5.41, 5.74) is 1.25. The highest BCUT2D eigenvalue weighted by Gasteiger charge is 2.31. The van der Waals surface area contributed by atoms with Crippen LogP contribution in [0.5, 0.6) is 0 Å². The Balaban J connectivity index is 2.23. The summed E-state index contributed by atoms with van der Waals surface area (Å²) in [5.74, 6) is 0.624. The third-order valence-electron chi connectivity index (χ3n) is 2.58. The Kier molecular flexibility index (Phi) is 1.53. The Morgan fingerprint density at radius 3 is 3.18 bits per heavy atom. The molecule has 2 aliphatic heterocycles. The first-order valence-corrected chi connectivity index (χ1v) is 4.10. The van der Waals surface area contributed by atoms with Gasteiger partial charge in [0, 0.05) is 0 Å². The van der Waals surface area contributed by atoms with Crippen molar-refractivity contribution in [2.24, 2.45) is 16.1 Å². The van der Waals surface area contributed by atoms with E-state index in [-0.39, 0.29) is 0 Å². The van der Waals surface area contributed by atoms with Crippen LogP contribution in [0.2, 0.25) is 0 Å². The maximum atomic E-state index is 4.13. The van der Waals surface area contributed by atoms with Crippen LogP contribution in [0, 0.1) is 5.92 Å². The van der Waals surface area contributed by atoms with Crippen molar-refractivity contribution in [3.05, 3.63) is 0 Å². The second-order valence-corrected chi connectivity index (χ2v) is 3.40. The number of hydrogen-bond acceptors (Lipinski definition) is 3. The summed E-state index contributed by atoms with van der Waals surface area (Å²) in [6, 6.07) is 0.402. The maximum absolute atomic E-state index is 4.13. The molecule has 0 amide bonds. The van der Waals surface area contributed by atoms with E-state index in [1.165, 1.54) is 12.1 Å². The summed E-state index contributed by atoms with van der Waals surface area (Å²) in [6.07, 6.45) is 3.15. The largest absolute Gasteiger partial charge is 0.294 e. The molecule has 2 rings (SSSR count). The standard InChI is InChI=1S/C8H13N3/c1-6-3-4-11(2)7-5-9-10-8(6)7/h5-7H,3-4H2,1-2H3. The first-order chi connectivity index (χ1) is 5.29. The van der Waals surface area contributed by atoms with Gasteiger partial charge in [-0.3, -0.25) is 4.90 Å². The number of rotatable bonds is 0. The van der Waals surface area contributed by atoms with Gasteiger partial charge < -0.3 is 0 Å². The van der Waals surface area contributed by atoms with Gasteiger partial charge in [0.25, 0.3) is 0 Å². The van der Waals surface area contributed by atoms with Crippen LogP contribution in [-0.4, -0.2) is 36.5 Å². The van der Waals surface area contributed by atoms with Gasteiger partial charge in [-0.05, 0) is 25.9 Å². The topological polar surface area (TPSA) is 28.0 Å². The lowest BCUT2D eigenvalue weighted by Gasteiger charge is -2.32. The first-order valence-electron chi connectivity index (χ1n) is 4.10. The van der Waals surface area contributed by atoms with Crippen molar-refractivity contribution in [2.45, 2.75) is 19.4 Å². The molecule has 0 N–H and O–H groups in total. The highest BCUT2D eigenvalue weighted by atomic mass is 15.3. The highest BCUT2D eigenvalue weighted by Crippen LogP contribution is 2.20. The zero-order valence-electron chi connectivity index (χ0n) is 6.99. The van der Waals surface area contributed by atoms with E-state index in [2.05, 4.69) is 29.1 Å². The van der Waals surface area contributed by atoms with Gasteiger partial charge >= 0.3 is 0 Å². The Morgan fingerprint density at radius 2 is 2.45 bits per heavy atom. The van der Waals surface area contributed by atoms with Crippen LogP contribution in [0.4, 0.5) is 0 Å². The van der Waals surface area contributed by atoms with Crippen molar-refractivity contribution in [3.8, 4) is 0 Å². The molecule has 2 atom stereocenters. The van der Waals surface area contributed by atoms with Crippen molar-refractivity contribution < 1.29 is 0 Å². The maximum Gasteiger partial charge on any atom is 0.0877 e. The van der Waals surface area contributed by atoms with Gasteiger partial charge in [-0.25, -0.2) is 0 Å². The van der Waals surface area contributed by atoms with Gasteiger partial charge in [-0.15, -0.1) is 0 Å². The molecule has 0 radical (unpaired) electrons. The predicted molar refractivity (Wildman–Crippen MR) is 46.1 cm³/mol. The molecule has 0 saturated carbocycles. The summed E-state index contributed by atoms with van der Waals surface area (Å²) in [7, 11) is 2.13. The van der Waals surface area contributed by atoms with Crippen LogP contribution < -0.4 is 0 Å². The van der Waals surface area contributed by atoms with Gasteiger partial charge in [-0.2, -0.15) is 10.2 Å². The van der Waals surface area contributed by atoms with Crippen molar-refractivity contribution in [3.63, 3.8) is 0 Å². The van der Waals surface area contributed by atoms with Gasteiger partial charge in [-0.1, -0.05) is 6.92 Å². The van der Waals surface area contributed by atoms with E-state index in [0.717, 1.165) is 6.54 Å². The van der Waals surface area contributed by atoms with Crippen molar-refractivity contribution >= 4 is 11.9 Å². The van der Waals surface area contributed by atoms with Crippen molar-refractivity contribution in [1.82, 2.24) is 4.90 Å². The quantitative estimate of drug-likeness (QED) is 0.502. The average Bonchev–Trinajstić information content (AvgIpc) is 2.45. The molecule has 1 fully saturated rings. The number of hydrogen-bond donors (Lipinski definition) is 0. The Hall–Kier alpha value is -0.700. The molecule has 1 saturated heterocycles. The molecule has 2 unspecified atom stereocenters. The van der Waals surface area contributed by atoms with Crippen LogP contribution in [0.25, 0.3) is 0 Å². The first kappa shape index (κ1) is 6.98. The molecule has 0 bridgehead atoms. The molecule has 11 heavy (non-hydrogen) atoms. The summed E-state index contributed by atoms with van der Waals surface area (Å²) < 4.78 is 0. The minimum atomic E-state index is 0.402. The summed E-state index contributed by atoms with van der Waals surface area (Å²) >= 11 is 0. The highest BCUT2D eigenvalue weighted by molar-refractivity contribution is 6.06. The van der Waals surface area contributed by atoms with Crippen LogP contribution >= 0.6 is 0 Å². The molecule has 3 nitrogen and oxygen atoms in total. The number of piperidine rings is 1. The zero-order chi connectivity index (χ0) is 7.84. The van der Waals surface area contributed by atoms with Gasteiger partial charge in [0.15, 0.2) is 0 Å². The van der Waals surface area contributed by atoms with Crippen molar-refractivity contribution in [2.75, 3.05) is 13.6 Å². The molecule has 0 aromatic heterocycles. The fourth-order valence-corrected chi connectivity index (χ4v) is 1.71. The van der Waals surface area contributed by atoms with E-state index in [9.17, 15) is 0 Å². The molecular formula is C8H13N3. The van der Waals surface area contributed by atoms with Gasteiger partial charge in [0.2, 0.25) is 0 Å². The minimum absolute atomic E-state index is 0.402. The normalized spacial score (nSPS) is 37.1. The lowest BCUT2D eigenvalue weighted by Crippen LogP contribution is -2.46. The molecule has 0 aliphatic carbocycles. The fourth-order valence-electron chi connectivity index (χ4n) is 1.71. The smallest absolute Gasteiger partial charge is 0.0877 e. The van der Waals surface area contributed by atoms with Gasteiger partial charge in [0.05, 0.1) is 18.0 Å². The molecule has 0 aromatic rings. The van der Waals surface area contributed by atoms with Crippen LogP contribution in [-0.2, 0) is 0 Å². The van der Waals surface area contributed by atoms with E-state index in [1.807, 2.05) is 6.21 Å². The monoisotopic (exact) mass is 151 g/mol. The lowest BCUT2D eigenvalue weighted by molar-refractivity contribution is 0.300. The van der Waals surface area contributed by atoms with Crippen LogP contribution in [0.1, 0.15) is 13.3 Å². The predicted octanol–water partition coefficient (Wildman–Crippen LogP) is 0.767. The lowest BCUT2D eigenvalue weighted by atomic mass is 9.91. The van der Waals surface area contributed by atoms with Crippen LogP contribution in [0.15, 0.2) is 10.2 Å². The van der Waals surface area contributed by atoms with Crippen LogP contribution in [0.3, 0.4) is 0 Å². The van der Waals surface area contributed by atoms with E-state index >= 15 is 0 Å². The van der Waals surface area contributed by atoms with E-state index in [0.29, 0.717) is 12.0 Å². The molecule has 0 aromatic carbocycles. The van der Waals surface area contributed by atoms with Crippen molar-refractivity contribution in [1.29, 1.82) is 0 Å². The number of nitrogens with zero attached hydrogens (tertiary/aromatic N) is 3. The fraction of sp³-hybridized carbons (Fsp3) is 0.750. The SMILES string of the molecule is CC1CCN(C)C2C=NN=C12. The number of likely N-dealkylation sites (tertiary alicyclic amines) is 1. The number of fused-ring (bicyclic) bond motifs is 1. The summed E-state index contributed by atoms with van der Waals surface area (Å²) in [6.45, 7) is 3.39. The molecule has 2 aliphatic rings. The Bertz CT molecular complexity index is 219. The molecule has 60 valence electrons. The van der Waals surface area contributed by atoms with E-state index < -0.39 is 0 Å². The molecular weight excluding hydrogens is 138 g/mol. The third-order valence-corrected chi connectivity index (χ3v) is 2.58. The second-order valence-electron chi connectivity index (χ2n) is 3.40. The van der Waals surface area contributed by atoms with E-state index in [4.69, 9.17) is 0 Å². The van der Waals surface area contributed by atoms with Gasteiger partial charge in [0.1, 0.15) is 0 Å². The molecule has 0 spiro atoms. The second kappa shape index (κ2) is 2.41. The zero-order valence-corrected chi connectivity index (χ0v) is 6.99. The Labute approximate surface area is 66.8 Å². The third kappa shape index (κ3) is 0.997. The summed E-state index contributed by atoms with van der Waals surface area (Å²) in [4.78, 5) is 2.30. The minimum Gasteiger partial charge on any atom is -0.294 e. The summed E-state index contributed by atoms with van der Waals surface area (Å²) in [5, 5.41) is 8.08. The Morgan fingerprint density at radius 1 is 1.64 bits per heavy atom.